The van der Waals surface area contributed by atoms with Gasteiger partial charge in [0.05, 0.1) is 4.47 Å². The molecule has 1 N–H and O–H groups in total. The lowest BCUT2D eigenvalue weighted by molar-refractivity contribution is 0.221. The zero-order valence-corrected chi connectivity index (χ0v) is 11.4. The topological polar surface area (TPSA) is 21.3 Å². The summed E-state index contributed by atoms with van der Waals surface area (Å²) in [5, 5.41) is 3.30. The van der Waals surface area contributed by atoms with Crippen molar-refractivity contribution in [2.75, 3.05) is 13.1 Å². The van der Waals surface area contributed by atoms with E-state index in [1.165, 1.54) is 5.56 Å². The Kier molecular flexibility index (Phi) is 3.87. The number of halogens is 1. The second kappa shape index (κ2) is 5.19. The number of rotatable bonds is 3. The highest BCUT2D eigenvalue weighted by molar-refractivity contribution is 9.10. The highest BCUT2D eigenvalue weighted by atomic mass is 79.9. The minimum atomic E-state index is 0.321. The molecule has 3 heteroatoms. The Hall–Kier alpha value is -0.540. The molecule has 0 radical (unpaired) electrons. The summed E-state index contributed by atoms with van der Waals surface area (Å²) in [7, 11) is 0. The van der Waals surface area contributed by atoms with Gasteiger partial charge in [-0.05, 0) is 52.5 Å². The fourth-order valence-corrected chi connectivity index (χ4v) is 2.37. The highest BCUT2D eigenvalue weighted by Gasteiger charge is 2.17. The van der Waals surface area contributed by atoms with Crippen LogP contribution in [0.2, 0.25) is 0 Å². The van der Waals surface area contributed by atoms with Gasteiger partial charge in [0.1, 0.15) is 11.9 Å². The van der Waals surface area contributed by atoms with Crippen LogP contribution >= 0.6 is 15.9 Å². The lowest BCUT2D eigenvalue weighted by atomic mass is 10.0. The molecule has 1 aromatic carbocycles. The molecular formula is C13H18BrNO. The van der Waals surface area contributed by atoms with Crippen molar-refractivity contribution in [1.82, 2.24) is 5.32 Å². The van der Waals surface area contributed by atoms with Crippen molar-refractivity contribution in [3.05, 3.63) is 28.2 Å². The van der Waals surface area contributed by atoms with Gasteiger partial charge in [-0.15, -0.1) is 0 Å². The number of ether oxygens (including phenoxy) is 1. The van der Waals surface area contributed by atoms with Crippen molar-refractivity contribution in [3.63, 3.8) is 0 Å². The largest absolute Gasteiger partial charge is 0.488 e. The van der Waals surface area contributed by atoms with E-state index >= 15 is 0 Å². The number of nitrogens with one attached hydrogen (secondary N) is 1. The van der Waals surface area contributed by atoms with Gasteiger partial charge < -0.3 is 10.1 Å². The molecule has 0 bridgehead atoms. The Labute approximate surface area is 106 Å². The minimum Gasteiger partial charge on any atom is -0.488 e. The van der Waals surface area contributed by atoms with Gasteiger partial charge in [0, 0.05) is 6.54 Å². The van der Waals surface area contributed by atoms with Crippen LogP contribution in [0.1, 0.15) is 31.7 Å². The molecule has 16 heavy (non-hydrogen) atoms. The smallest absolute Gasteiger partial charge is 0.133 e. The van der Waals surface area contributed by atoms with E-state index in [9.17, 15) is 0 Å². The second-order valence-corrected chi connectivity index (χ2v) is 5.43. The van der Waals surface area contributed by atoms with Gasteiger partial charge in [-0.25, -0.2) is 0 Å². The molecule has 0 amide bonds. The summed E-state index contributed by atoms with van der Waals surface area (Å²) in [6.45, 7) is 6.41. The monoisotopic (exact) mass is 283 g/mol. The molecule has 1 aromatic rings. The van der Waals surface area contributed by atoms with Crippen LogP contribution < -0.4 is 10.1 Å². The lowest BCUT2D eigenvalue weighted by Gasteiger charge is -2.15. The molecule has 1 atom stereocenters. The Balaban J connectivity index is 2.09. The molecule has 2 nitrogen and oxygen atoms in total. The van der Waals surface area contributed by atoms with Crippen molar-refractivity contribution < 1.29 is 4.74 Å². The quantitative estimate of drug-likeness (QED) is 0.919. The zero-order valence-electron chi connectivity index (χ0n) is 9.79. The van der Waals surface area contributed by atoms with Crippen LogP contribution in [0.5, 0.6) is 5.75 Å². The maximum atomic E-state index is 5.93. The standard InChI is InChI=1S/C13H18BrNO/c1-9(2)10-3-4-13(12(14)7-10)16-11-5-6-15-8-11/h3-4,7,9,11,15H,5-6,8H2,1-2H3/t11-/m1/s1. The molecule has 1 heterocycles. The Morgan fingerprint density at radius 3 is 2.81 bits per heavy atom. The van der Waals surface area contributed by atoms with Crippen molar-refractivity contribution in [3.8, 4) is 5.75 Å². The first kappa shape index (κ1) is 11.9. The van der Waals surface area contributed by atoms with Crippen LogP contribution in [0.4, 0.5) is 0 Å². The normalized spacial score (nSPS) is 20.4. The van der Waals surface area contributed by atoms with Crippen LogP contribution in [0.3, 0.4) is 0 Å². The third-order valence-corrected chi connectivity index (χ3v) is 3.55. The molecule has 0 unspecified atom stereocenters. The molecule has 0 aliphatic carbocycles. The highest BCUT2D eigenvalue weighted by Crippen LogP contribution is 2.30. The first-order valence-electron chi connectivity index (χ1n) is 5.83. The van der Waals surface area contributed by atoms with Crippen LogP contribution in [0.15, 0.2) is 22.7 Å². The Morgan fingerprint density at radius 2 is 2.25 bits per heavy atom. The van der Waals surface area contributed by atoms with E-state index in [1.54, 1.807) is 0 Å². The summed E-state index contributed by atoms with van der Waals surface area (Å²) in [4.78, 5) is 0. The summed E-state index contributed by atoms with van der Waals surface area (Å²) in [6.07, 6.45) is 1.42. The SMILES string of the molecule is CC(C)c1ccc(O[C@@H]2CCNC2)c(Br)c1. The van der Waals surface area contributed by atoms with Crippen LogP contribution in [-0.4, -0.2) is 19.2 Å². The van der Waals surface area contributed by atoms with Crippen molar-refractivity contribution in [2.45, 2.75) is 32.3 Å². The van der Waals surface area contributed by atoms with E-state index in [2.05, 4.69) is 53.3 Å². The van der Waals surface area contributed by atoms with Gasteiger partial charge >= 0.3 is 0 Å². The van der Waals surface area contributed by atoms with Crippen molar-refractivity contribution in [2.24, 2.45) is 0 Å². The third kappa shape index (κ3) is 2.77. The average Bonchev–Trinajstić information content (AvgIpc) is 2.73. The predicted octanol–water partition coefficient (Wildman–Crippen LogP) is 3.31. The summed E-state index contributed by atoms with van der Waals surface area (Å²) in [6, 6.07) is 6.37. The fourth-order valence-electron chi connectivity index (χ4n) is 1.88. The van der Waals surface area contributed by atoms with Crippen molar-refractivity contribution >= 4 is 15.9 Å². The summed E-state index contributed by atoms with van der Waals surface area (Å²) < 4.78 is 6.99. The maximum Gasteiger partial charge on any atom is 0.133 e. The van der Waals surface area contributed by atoms with Crippen LogP contribution in [0.25, 0.3) is 0 Å². The first-order chi connectivity index (χ1) is 7.66. The molecule has 1 fully saturated rings. The molecule has 0 aromatic heterocycles. The molecular weight excluding hydrogens is 266 g/mol. The van der Waals surface area contributed by atoms with Gasteiger partial charge in [-0.1, -0.05) is 19.9 Å². The number of hydrogen-bond acceptors (Lipinski definition) is 2. The van der Waals surface area contributed by atoms with E-state index in [1.807, 2.05) is 0 Å². The molecule has 1 aliphatic rings. The van der Waals surface area contributed by atoms with Gasteiger partial charge in [0.2, 0.25) is 0 Å². The summed E-state index contributed by atoms with van der Waals surface area (Å²) in [5.74, 6) is 1.51. The van der Waals surface area contributed by atoms with Crippen LogP contribution in [-0.2, 0) is 0 Å². The molecule has 88 valence electrons. The first-order valence-corrected chi connectivity index (χ1v) is 6.63. The van der Waals surface area contributed by atoms with E-state index in [-0.39, 0.29) is 0 Å². The Bertz CT molecular complexity index is 359. The van der Waals surface area contributed by atoms with Gasteiger partial charge in [-0.3, -0.25) is 0 Å². The average molecular weight is 284 g/mol. The van der Waals surface area contributed by atoms with Crippen LogP contribution in [0, 0.1) is 0 Å². The van der Waals surface area contributed by atoms with E-state index in [0.717, 1.165) is 29.7 Å². The van der Waals surface area contributed by atoms with Gasteiger partial charge in [-0.2, -0.15) is 0 Å². The van der Waals surface area contributed by atoms with E-state index in [4.69, 9.17) is 4.74 Å². The fraction of sp³-hybridized carbons (Fsp3) is 0.538. The maximum absolute atomic E-state index is 5.93. The zero-order chi connectivity index (χ0) is 11.5. The predicted molar refractivity (Wildman–Crippen MR) is 70.1 cm³/mol. The lowest BCUT2D eigenvalue weighted by Crippen LogP contribution is -2.19. The van der Waals surface area contributed by atoms with E-state index in [0.29, 0.717) is 12.0 Å². The van der Waals surface area contributed by atoms with E-state index < -0.39 is 0 Å². The minimum absolute atomic E-state index is 0.321. The van der Waals surface area contributed by atoms with Gasteiger partial charge in [0.15, 0.2) is 0 Å². The second-order valence-electron chi connectivity index (χ2n) is 4.58. The summed E-state index contributed by atoms with van der Waals surface area (Å²) in [5.41, 5.74) is 1.34. The van der Waals surface area contributed by atoms with Gasteiger partial charge in [0.25, 0.3) is 0 Å². The number of hydrogen-bond donors (Lipinski definition) is 1. The third-order valence-electron chi connectivity index (χ3n) is 2.93. The Morgan fingerprint density at radius 1 is 1.44 bits per heavy atom. The molecule has 2 rings (SSSR count). The molecule has 1 aliphatic heterocycles. The summed E-state index contributed by atoms with van der Waals surface area (Å²) >= 11 is 3.58. The molecule has 1 saturated heterocycles. The molecule has 0 spiro atoms. The molecule has 0 saturated carbocycles. The number of benzene rings is 1. The van der Waals surface area contributed by atoms with Crippen molar-refractivity contribution in [1.29, 1.82) is 0 Å².